The number of hydrogen-bond donors (Lipinski definition) is 2. The fourth-order valence-corrected chi connectivity index (χ4v) is 3.22. The Morgan fingerprint density at radius 3 is 2.48 bits per heavy atom. The number of anilines is 1. The van der Waals surface area contributed by atoms with Crippen LogP contribution in [0, 0.1) is 0 Å². The van der Waals surface area contributed by atoms with Crippen LogP contribution in [0.5, 0.6) is 11.5 Å². The summed E-state index contributed by atoms with van der Waals surface area (Å²) in [6.07, 6.45) is 1.13. The molecule has 0 aliphatic rings. The SMILES string of the molecule is COc1ccc(-c2c(NC(=O)c3ccccc3)c(=O)oc3nc[nH]c(=O)c23)cc1OC. The highest BCUT2D eigenvalue weighted by Crippen LogP contribution is 2.37. The van der Waals surface area contributed by atoms with Crippen molar-refractivity contribution in [3.05, 3.63) is 81.2 Å². The number of nitrogens with zero attached hydrogens (tertiary/aromatic N) is 1. The number of nitrogens with one attached hydrogen (secondary N) is 2. The summed E-state index contributed by atoms with van der Waals surface area (Å²) in [6, 6.07) is 13.2. The van der Waals surface area contributed by atoms with Crippen molar-refractivity contribution in [1.82, 2.24) is 9.97 Å². The maximum atomic E-state index is 12.8. The predicted molar refractivity (Wildman–Crippen MR) is 114 cm³/mol. The van der Waals surface area contributed by atoms with Crippen molar-refractivity contribution < 1.29 is 18.7 Å². The van der Waals surface area contributed by atoms with Gasteiger partial charge in [0.1, 0.15) is 11.1 Å². The Balaban J connectivity index is 2.00. The van der Waals surface area contributed by atoms with E-state index in [4.69, 9.17) is 13.9 Å². The Bertz CT molecular complexity index is 1390. The zero-order valence-corrected chi connectivity index (χ0v) is 16.6. The zero-order valence-electron chi connectivity index (χ0n) is 16.6. The average molecular weight is 419 g/mol. The molecule has 0 aliphatic heterocycles. The number of carbonyl (C=O) groups excluding carboxylic acids is 1. The quantitative estimate of drug-likeness (QED) is 0.510. The van der Waals surface area contributed by atoms with Crippen LogP contribution in [0.1, 0.15) is 10.4 Å². The molecule has 0 spiro atoms. The minimum absolute atomic E-state index is 0.0117. The topological polar surface area (TPSA) is 124 Å². The van der Waals surface area contributed by atoms with Crippen LogP contribution in [0.4, 0.5) is 5.69 Å². The molecule has 0 fully saturated rings. The molecule has 1 amide bonds. The molecule has 0 aliphatic carbocycles. The second kappa shape index (κ2) is 8.15. The molecule has 9 nitrogen and oxygen atoms in total. The van der Waals surface area contributed by atoms with Crippen LogP contribution in [0.15, 0.2) is 68.9 Å². The summed E-state index contributed by atoms with van der Waals surface area (Å²) in [5.74, 6) is 0.303. The summed E-state index contributed by atoms with van der Waals surface area (Å²) in [6.45, 7) is 0. The van der Waals surface area contributed by atoms with Gasteiger partial charge in [-0.1, -0.05) is 24.3 Å². The van der Waals surface area contributed by atoms with Gasteiger partial charge in [-0.3, -0.25) is 9.59 Å². The van der Waals surface area contributed by atoms with E-state index in [-0.39, 0.29) is 22.4 Å². The smallest absolute Gasteiger partial charge is 0.362 e. The molecule has 0 atom stereocenters. The third-order valence-corrected chi connectivity index (χ3v) is 4.66. The van der Waals surface area contributed by atoms with Crippen molar-refractivity contribution in [2.75, 3.05) is 19.5 Å². The van der Waals surface area contributed by atoms with Gasteiger partial charge < -0.3 is 24.2 Å². The first-order valence-electron chi connectivity index (χ1n) is 9.16. The number of fused-ring (bicyclic) bond motifs is 1. The van der Waals surface area contributed by atoms with Crippen LogP contribution in [0.2, 0.25) is 0 Å². The first-order valence-corrected chi connectivity index (χ1v) is 9.16. The molecule has 156 valence electrons. The number of benzene rings is 2. The Kier molecular flexibility index (Phi) is 5.23. The Morgan fingerprint density at radius 2 is 1.77 bits per heavy atom. The fraction of sp³-hybridized carbons (Fsp3) is 0.0909. The first kappa shape index (κ1) is 19.9. The van der Waals surface area contributed by atoms with Gasteiger partial charge in [-0.05, 0) is 29.8 Å². The third kappa shape index (κ3) is 3.64. The lowest BCUT2D eigenvalue weighted by atomic mass is 10.0. The van der Waals surface area contributed by atoms with Crippen LogP contribution in [0.25, 0.3) is 22.2 Å². The van der Waals surface area contributed by atoms with Crippen molar-refractivity contribution in [2.45, 2.75) is 0 Å². The van der Waals surface area contributed by atoms with Gasteiger partial charge in [0.25, 0.3) is 11.5 Å². The van der Waals surface area contributed by atoms with E-state index in [1.54, 1.807) is 48.5 Å². The molecular formula is C22H17N3O6. The Morgan fingerprint density at radius 1 is 1.03 bits per heavy atom. The molecule has 0 saturated heterocycles. The lowest BCUT2D eigenvalue weighted by Crippen LogP contribution is -2.21. The molecule has 4 rings (SSSR count). The third-order valence-electron chi connectivity index (χ3n) is 4.66. The highest BCUT2D eigenvalue weighted by molar-refractivity contribution is 6.09. The summed E-state index contributed by atoms with van der Waals surface area (Å²) in [5, 5.41) is 2.59. The Hall–Kier alpha value is -4.40. The van der Waals surface area contributed by atoms with Gasteiger partial charge in [-0.25, -0.2) is 9.78 Å². The van der Waals surface area contributed by atoms with Gasteiger partial charge >= 0.3 is 5.63 Å². The molecule has 9 heteroatoms. The van der Waals surface area contributed by atoms with Gasteiger partial charge in [0, 0.05) is 11.1 Å². The monoisotopic (exact) mass is 419 g/mol. The van der Waals surface area contributed by atoms with E-state index in [1.807, 2.05) is 0 Å². The van der Waals surface area contributed by atoms with Crippen molar-refractivity contribution in [3.8, 4) is 22.6 Å². The normalized spacial score (nSPS) is 10.6. The van der Waals surface area contributed by atoms with Crippen molar-refractivity contribution in [2.24, 2.45) is 0 Å². The molecule has 2 aromatic heterocycles. The number of amides is 1. The second-order valence-electron chi connectivity index (χ2n) is 6.44. The van der Waals surface area contributed by atoms with Crippen molar-refractivity contribution in [3.63, 3.8) is 0 Å². The van der Waals surface area contributed by atoms with E-state index >= 15 is 0 Å². The molecule has 0 radical (unpaired) electrons. The molecule has 0 unspecified atom stereocenters. The average Bonchev–Trinajstić information content (AvgIpc) is 2.80. The standard InChI is InChI=1S/C22H17N3O6/c1-29-14-9-8-13(10-15(14)30-2)16-17-20(27)23-11-24-21(17)31-22(28)18(16)25-19(26)12-6-4-3-5-7-12/h3-11H,1-2H3,(H,25,26)(H,23,24,27). The van der Waals surface area contributed by atoms with E-state index in [2.05, 4.69) is 15.3 Å². The number of rotatable bonds is 5. The van der Waals surface area contributed by atoms with E-state index in [0.29, 0.717) is 22.6 Å². The minimum Gasteiger partial charge on any atom is -0.493 e. The number of carbonyl (C=O) groups is 1. The number of ether oxygens (including phenoxy) is 2. The highest BCUT2D eigenvalue weighted by atomic mass is 16.5. The summed E-state index contributed by atoms with van der Waals surface area (Å²) < 4.78 is 15.8. The summed E-state index contributed by atoms with van der Waals surface area (Å²) in [4.78, 5) is 44.6. The number of aromatic nitrogens is 2. The first-order chi connectivity index (χ1) is 15.0. The second-order valence-corrected chi connectivity index (χ2v) is 6.44. The Labute approximate surface area is 175 Å². The fourth-order valence-electron chi connectivity index (χ4n) is 3.22. The summed E-state index contributed by atoms with van der Waals surface area (Å²) >= 11 is 0. The van der Waals surface area contributed by atoms with Gasteiger partial charge in [-0.2, -0.15) is 0 Å². The summed E-state index contributed by atoms with van der Waals surface area (Å²) in [5.41, 5.74) is -0.805. The van der Waals surface area contributed by atoms with Gasteiger partial charge in [0.05, 0.1) is 20.5 Å². The van der Waals surface area contributed by atoms with Crippen LogP contribution in [-0.4, -0.2) is 30.1 Å². The van der Waals surface area contributed by atoms with Crippen molar-refractivity contribution >= 4 is 22.7 Å². The molecule has 2 heterocycles. The molecule has 0 bridgehead atoms. The summed E-state index contributed by atoms with van der Waals surface area (Å²) in [7, 11) is 2.95. The van der Waals surface area contributed by atoms with Gasteiger partial charge in [-0.15, -0.1) is 0 Å². The molecule has 0 saturated carbocycles. The minimum atomic E-state index is -0.848. The van der Waals surface area contributed by atoms with E-state index in [9.17, 15) is 14.4 Å². The number of methoxy groups -OCH3 is 2. The van der Waals surface area contributed by atoms with E-state index in [0.717, 1.165) is 6.33 Å². The van der Waals surface area contributed by atoms with E-state index in [1.165, 1.54) is 14.2 Å². The van der Waals surface area contributed by atoms with Gasteiger partial charge in [0.2, 0.25) is 5.71 Å². The van der Waals surface area contributed by atoms with Crippen LogP contribution < -0.4 is 26.0 Å². The van der Waals surface area contributed by atoms with E-state index < -0.39 is 17.1 Å². The number of H-pyrrole nitrogens is 1. The van der Waals surface area contributed by atoms with Crippen LogP contribution in [-0.2, 0) is 0 Å². The molecule has 31 heavy (non-hydrogen) atoms. The predicted octanol–water partition coefficient (Wildman–Crippen LogP) is 2.81. The largest absolute Gasteiger partial charge is 0.493 e. The molecular weight excluding hydrogens is 402 g/mol. The highest BCUT2D eigenvalue weighted by Gasteiger charge is 2.22. The molecule has 4 aromatic rings. The maximum Gasteiger partial charge on any atom is 0.362 e. The van der Waals surface area contributed by atoms with Gasteiger partial charge in [0.15, 0.2) is 11.5 Å². The van der Waals surface area contributed by atoms with Crippen LogP contribution in [0.3, 0.4) is 0 Å². The maximum absolute atomic E-state index is 12.8. The zero-order chi connectivity index (χ0) is 22.0. The lowest BCUT2D eigenvalue weighted by Gasteiger charge is -2.14. The van der Waals surface area contributed by atoms with Crippen LogP contribution >= 0.6 is 0 Å². The molecule has 2 aromatic carbocycles. The number of hydrogen-bond acceptors (Lipinski definition) is 7. The molecule has 2 N–H and O–H groups in total. The van der Waals surface area contributed by atoms with Crippen molar-refractivity contribution in [1.29, 1.82) is 0 Å². The number of aromatic amines is 1. The lowest BCUT2D eigenvalue weighted by molar-refractivity contribution is 0.102.